The average Bonchev–Trinajstić information content (AvgIpc) is 2.43. The minimum Gasteiger partial charge on any atom is -0.354 e. The molecule has 0 radical (unpaired) electrons. The second-order valence-electron chi connectivity index (χ2n) is 4.19. The second kappa shape index (κ2) is 5.72. The normalized spacial score (nSPS) is 9.85. The fourth-order valence-electron chi connectivity index (χ4n) is 1.73. The predicted molar refractivity (Wildman–Crippen MR) is 80.0 cm³/mol. The number of nitro benzene ring substituents is 1. The van der Waals surface area contributed by atoms with Gasteiger partial charge in [0.1, 0.15) is 6.07 Å². The molecule has 1 N–H and O–H groups in total. The van der Waals surface area contributed by atoms with Gasteiger partial charge in [0.05, 0.1) is 16.2 Å². The highest BCUT2D eigenvalue weighted by Crippen LogP contribution is 2.27. The Hall–Kier alpha value is -2.39. The maximum absolute atomic E-state index is 10.7. The molecule has 6 heteroatoms. The number of aryl methyl sites for hydroxylation is 1. The van der Waals surface area contributed by atoms with E-state index in [1.54, 1.807) is 0 Å². The lowest BCUT2D eigenvalue weighted by molar-refractivity contribution is -0.384. The minimum absolute atomic E-state index is 0.0981. The van der Waals surface area contributed by atoms with Crippen LogP contribution in [0.2, 0.25) is 0 Å². The van der Waals surface area contributed by atoms with Gasteiger partial charge in [-0.2, -0.15) is 5.26 Å². The minimum atomic E-state index is -0.519. The fraction of sp³-hybridized carbons (Fsp3) is 0.0714. The van der Waals surface area contributed by atoms with E-state index < -0.39 is 4.92 Å². The van der Waals surface area contributed by atoms with Gasteiger partial charge in [0.15, 0.2) is 0 Å². The lowest BCUT2D eigenvalue weighted by atomic mass is 10.1. The van der Waals surface area contributed by atoms with E-state index in [1.807, 2.05) is 31.2 Å². The molecule has 0 aromatic heterocycles. The number of hydrogen-bond donors (Lipinski definition) is 1. The lowest BCUT2D eigenvalue weighted by Gasteiger charge is -2.09. The van der Waals surface area contributed by atoms with Gasteiger partial charge in [-0.3, -0.25) is 10.1 Å². The molecule has 0 aliphatic heterocycles. The van der Waals surface area contributed by atoms with Crippen LogP contribution < -0.4 is 5.32 Å². The van der Waals surface area contributed by atoms with E-state index in [4.69, 9.17) is 5.26 Å². The first kappa shape index (κ1) is 14.0. The van der Waals surface area contributed by atoms with Gasteiger partial charge in [-0.1, -0.05) is 15.9 Å². The van der Waals surface area contributed by atoms with Gasteiger partial charge in [-0.15, -0.1) is 0 Å². The molecule has 0 bridgehead atoms. The number of rotatable bonds is 3. The molecule has 2 aromatic rings. The van der Waals surface area contributed by atoms with E-state index in [9.17, 15) is 10.1 Å². The molecule has 100 valence electrons. The Morgan fingerprint density at radius 2 is 2.05 bits per heavy atom. The Morgan fingerprint density at radius 1 is 1.30 bits per heavy atom. The van der Waals surface area contributed by atoms with E-state index >= 15 is 0 Å². The number of nitrogens with zero attached hydrogens (tertiary/aromatic N) is 2. The zero-order chi connectivity index (χ0) is 14.7. The van der Waals surface area contributed by atoms with Gasteiger partial charge in [0.25, 0.3) is 5.69 Å². The van der Waals surface area contributed by atoms with Crippen molar-refractivity contribution in [3.8, 4) is 6.07 Å². The summed E-state index contributed by atoms with van der Waals surface area (Å²) in [4.78, 5) is 10.2. The molecule has 0 aliphatic rings. The molecule has 0 saturated carbocycles. The summed E-state index contributed by atoms with van der Waals surface area (Å²) in [6, 6.07) is 11.8. The van der Waals surface area contributed by atoms with Gasteiger partial charge in [-0.25, -0.2) is 0 Å². The first-order valence-electron chi connectivity index (χ1n) is 5.73. The van der Waals surface area contributed by atoms with Gasteiger partial charge in [0.2, 0.25) is 0 Å². The molecule has 0 fully saturated rings. The lowest BCUT2D eigenvalue weighted by Crippen LogP contribution is -1.96. The molecule has 0 atom stereocenters. The van der Waals surface area contributed by atoms with Crippen LogP contribution in [0.15, 0.2) is 40.9 Å². The van der Waals surface area contributed by atoms with Crippen molar-refractivity contribution in [2.75, 3.05) is 5.32 Å². The molecule has 0 unspecified atom stereocenters. The highest BCUT2D eigenvalue weighted by atomic mass is 79.9. The molecular weight excluding hydrogens is 322 g/mol. The van der Waals surface area contributed by atoms with E-state index in [0.29, 0.717) is 5.69 Å². The van der Waals surface area contributed by atoms with E-state index in [1.165, 1.54) is 18.2 Å². The van der Waals surface area contributed by atoms with Crippen LogP contribution in [-0.2, 0) is 0 Å². The predicted octanol–water partition coefficient (Wildman–Crippen LogP) is 4.28. The molecule has 0 aliphatic carbocycles. The zero-order valence-electron chi connectivity index (χ0n) is 10.6. The molecule has 0 saturated heterocycles. The highest BCUT2D eigenvalue weighted by Gasteiger charge is 2.10. The quantitative estimate of drug-likeness (QED) is 0.672. The van der Waals surface area contributed by atoms with E-state index in [0.717, 1.165) is 15.7 Å². The first-order valence-corrected chi connectivity index (χ1v) is 6.52. The third kappa shape index (κ3) is 2.95. The van der Waals surface area contributed by atoms with Crippen molar-refractivity contribution in [3.05, 3.63) is 62.1 Å². The van der Waals surface area contributed by atoms with Crippen molar-refractivity contribution in [3.63, 3.8) is 0 Å². The zero-order valence-corrected chi connectivity index (χ0v) is 12.1. The Labute approximate surface area is 124 Å². The first-order chi connectivity index (χ1) is 9.51. The summed E-state index contributed by atoms with van der Waals surface area (Å²) in [6.07, 6.45) is 0. The molecule has 20 heavy (non-hydrogen) atoms. The van der Waals surface area contributed by atoms with E-state index in [2.05, 4.69) is 21.2 Å². The van der Waals surface area contributed by atoms with Crippen molar-refractivity contribution in [2.45, 2.75) is 6.92 Å². The number of halogens is 1. The monoisotopic (exact) mass is 331 g/mol. The summed E-state index contributed by atoms with van der Waals surface area (Å²) in [6.45, 7) is 1.95. The Kier molecular flexibility index (Phi) is 4.01. The van der Waals surface area contributed by atoms with Crippen molar-refractivity contribution < 1.29 is 4.92 Å². The highest BCUT2D eigenvalue weighted by molar-refractivity contribution is 9.10. The summed E-state index contributed by atoms with van der Waals surface area (Å²) in [5, 5.41) is 22.9. The molecular formula is C14H10BrN3O2. The van der Waals surface area contributed by atoms with Gasteiger partial charge in [0, 0.05) is 22.3 Å². The summed E-state index contributed by atoms with van der Waals surface area (Å²) in [5.41, 5.74) is 2.55. The Bertz CT molecular complexity index is 723. The molecule has 2 rings (SSSR count). The van der Waals surface area contributed by atoms with Crippen LogP contribution in [0.1, 0.15) is 11.1 Å². The third-order valence-electron chi connectivity index (χ3n) is 2.77. The van der Waals surface area contributed by atoms with Crippen LogP contribution in [0, 0.1) is 28.4 Å². The van der Waals surface area contributed by atoms with Crippen molar-refractivity contribution in [1.29, 1.82) is 5.26 Å². The average molecular weight is 332 g/mol. The SMILES string of the molecule is Cc1cc(Nc2ccc([N+](=O)[O-])cc2C#N)ccc1Br. The number of benzene rings is 2. The number of nitrogens with one attached hydrogen (secondary N) is 1. The number of nitriles is 1. The van der Waals surface area contributed by atoms with Crippen molar-refractivity contribution >= 4 is 33.0 Å². The van der Waals surface area contributed by atoms with Crippen LogP contribution >= 0.6 is 15.9 Å². The summed E-state index contributed by atoms with van der Waals surface area (Å²) < 4.78 is 0.993. The van der Waals surface area contributed by atoms with Crippen LogP contribution in [0.25, 0.3) is 0 Å². The number of nitro groups is 1. The van der Waals surface area contributed by atoms with Crippen molar-refractivity contribution in [1.82, 2.24) is 0 Å². The Balaban J connectivity index is 2.36. The summed E-state index contributed by atoms with van der Waals surface area (Å²) in [7, 11) is 0. The van der Waals surface area contributed by atoms with Gasteiger partial charge in [-0.05, 0) is 36.8 Å². The maximum atomic E-state index is 10.7. The molecule has 2 aromatic carbocycles. The number of anilines is 2. The largest absolute Gasteiger partial charge is 0.354 e. The van der Waals surface area contributed by atoms with Crippen LogP contribution in [0.3, 0.4) is 0 Å². The summed E-state index contributed by atoms with van der Waals surface area (Å²) >= 11 is 3.41. The molecule has 5 nitrogen and oxygen atoms in total. The van der Waals surface area contributed by atoms with Crippen LogP contribution in [-0.4, -0.2) is 4.92 Å². The number of hydrogen-bond acceptors (Lipinski definition) is 4. The summed E-state index contributed by atoms with van der Waals surface area (Å²) in [5.74, 6) is 0. The molecule has 0 spiro atoms. The van der Waals surface area contributed by atoms with Gasteiger partial charge < -0.3 is 5.32 Å². The second-order valence-corrected chi connectivity index (χ2v) is 5.04. The van der Waals surface area contributed by atoms with Gasteiger partial charge >= 0.3 is 0 Å². The number of non-ortho nitro benzene ring substituents is 1. The molecule has 0 heterocycles. The standard InChI is InChI=1S/C14H10BrN3O2/c1-9-6-11(2-4-13(9)15)17-14-5-3-12(18(19)20)7-10(14)8-16/h2-7,17H,1H3. The smallest absolute Gasteiger partial charge is 0.270 e. The topological polar surface area (TPSA) is 79.0 Å². The fourth-order valence-corrected chi connectivity index (χ4v) is 1.97. The van der Waals surface area contributed by atoms with E-state index in [-0.39, 0.29) is 11.3 Å². The third-order valence-corrected chi connectivity index (χ3v) is 3.66. The maximum Gasteiger partial charge on any atom is 0.270 e. The Morgan fingerprint density at radius 3 is 2.65 bits per heavy atom. The van der Waals surface area contributed by atoms with Crippen LogP contribution in [0.4, 0.5) is 17.1 Å². The van der Waals surface area contributed by atoms with Crippen molar-refractivity contribution in [2.24, 2.45) is 0 Å². The van der Waals surface area contributed by atoms with Crippen LogP contribution in [0.5, 0.6) is 0 Å². The molecule has 0 amide bonds.